The molecule has 0 unspecified atom stereocenters. The van der Waals surface area contributed by atoms with Crippen LogP contribution in [-0.4, -0.2) is 51.8 Å². The summed E-state index contributed by atoms with van der Waals surface area (Å²) in [6, 6.07) is 5.91. The Labute approximate surface area is 174 Å². The normalized spacial score (nSPS) is 14.9. The van der Waals surface area contributed by atoms with Crippen molar-refractivity contribution in [2.24, 2.45) is 5.92 Å². The van der Waals surface area contributed by atoms with Gasteiger partial charge in [-0.05, 0) is 31.4 Å². The maximum atomic E-state index is 12.5. The number of rotatable bonds is 7. The minimum atomic E-state index is -0.0266. The number of hydrogen-bond donors (Lipinski definition) is 1. The third-order valence-corrected chi connectivity index (χ3v) is 5.34. The van der Waals surface area contributed by atoms with Crippen LogP contribution in [0.25, 0.3) is 0 Å². The summed E-state index contributed by atoms with van der Waals surface area (Å²) in [7, 11) is 0. The molecule has 2 aromatic rings. The van der Waals surface area contributed by atoms with Gasteiger partial charge in [0.25, 0.3) is 5.91 Å². The molecular formula is C23H33N5O. The third kappa shape index (κ3) is 5.76. The summed E-state index contributed by atoms with van der Waals surface area (Å²) in [5, 5.41) is 11.8. The maximum absolute atomic E-state index is 12.5. The van der Waals surface area contributed by atoms with Gasteiger partial charge >= 0.3 is 0 Å². The van der Waals surface area contributed by atoms with Crippen molar-refractivity contribution in [1.82, 2.24) is 25.0 Å². The summed E-state index contributed by atoms with van der Waals surface area (Å²) in [5.74, 6) is 2.57. The number of aryl methyl sites for hydroxylation is 2. The van der Waals surface area contributed by atoms with Gasteiger partial charge < -0.3 is 9.88 Å². The quantitative estimate of drug-likeness (QED) is 0.732. The van der Waals surface area contributed by atoms with Gasteiger partial charge in [0.1, 0.15) is 11.6 Å². The lowest BCUT2D eigenvalue weighted by Crippen LogP contribution is -2.28. The summed E-state index contributed by atoms with van der Waals surface area (Å²) >= 11 is 0. The lowest BCUT2D eigenvalue weighted by molar-refractivity contribution is 0.0953. The molecule has 0 fully saturated rings. The van der Waals surface area contributed by atoms with E-state index in [1.807, 2.05) is 32.0 Å². The van der Waals surface area contributed by atoms with E-state index in [0.29, 0.717) is 18.9 Å². The van der Waals surface area contributed by atoms with Crippen molar-refractivity contribution in [3.05, 3.63) is 58.7 Å². The van der Waals surface area contributed by atoms with Gasteiger partial charge in [0.2, 0.25) is 0 Å². The zero-order valence-electron chi connectivity index (χ0n) is 18.1. The second kappa shape index (κ2) is 9.83. The minimum Gasteiger partial charge on any atom is -0.352 e. The lowest BCUT2D eigenvalue weighted by atomic mass is 10.1. The zero-order valence-corrected chi connectivity index (χ0v) is 18.1. The highest BCUT2D eigenvalue weighted by Gasteiger charge is 2.18. The van der Waals surface area contributed by atoms with Crippen LogP contribution < -0.4 is 5.32 Å². The Hall–Kier alpha value is -2.47. The van der Waals surface area contributed by atoms with E-state index in [1.54, 1.807) is 0 Å². The molecule has 0 spiro atoms. The predicted octanol–water partition coefficient (Wildman–Crippen LogP) is 2.94. The van der Waals surface area contributed by atoms with E-state index in [4.69, 9.17) is 0 Å². The minimum absolute atomic E-state index is 0.0266. The van der Waals surface area contributed by atoms with E-state index in [2.05, 4.69) is 51.0 Å². The van der Waals surface area contributed by atoms with Crippen molar-refractivity contribution in [2.45, 2.75) is 47.1 Å². The van der Waals surface area contributed by atoms with Crippen molar-refractivity contribution in [3.8, 4) is 0 Å². The van der Waals surface area contributed by atoms with Crippen LogP contribution in [0.2, 0.25) is 0 Å². The van der Waals surface area contributed by atoms with Gasteiger partial charge in [0.05, 0.1) is 0 Å². The van der Waals surface area contributed by atoms with Gasteiger partial charge in [0, 0.05) is 51.1 Å². The summed E-state index contributed by atoms with van der Waals surface area (Å²) in [5.41, 5.74) is 2.91. The van der Waals surface area contributed by atoms with E-state index in [9.17, 15) is 4.79 Å². The fraction of sp³-hybridized carbons (Fsp3) is 0.522. The monoisotopic (exact) mass is 395 g/mol. The number of nitrogens with zero attached hydrogens (tertiary/aromatic N) is 4. The Bertz CT molecular complexity index is 868. The van der Waals surface area contributed by atoms with Gasteiger partial charge in [-0.3, -0.25) is 9.69 Å². The van der Waals surface area contributed by atoms with Crippen molar-refractivity contribution >= 4 is 5.91 Å². The number of allylic oxidation sites excluding steroid dienone is 1. The van der Waals surface area contributed by atoms with Crippen molar-refractivity contribution in [2.75, 3.05) is 26.2 Å². The highest BCUT2D eigenvalue weighted by atomic mass is 16.1. The molecule has 3 rings (SSSR count). The van der Waals surface area contributed by atoms with Crippen LogP contribution in [0, 0.1) is 19.8 Å². The van der Waals surface area contributed by atoms with Gasteiger partial charge in [0.15, 0.2) is 0 Å². The van der Waals surface area contributed by atoms with Crippen LogP contribution in [-0.2, 0) is 19.4 Å². The number of benzene rings is 1. The number of carbonyl (C=O) groups is 1. The highest BCUT2D eigenvalue weighted by Crippen LogP contribution is 2.12. The first-order valence-electron chi connectivity index (χ1n) is 10.6. The Balaban J connectivity index is 1.53. The number of nitrogens with one attached hydrogen (secondary N) is 1. The molecule has 29 heavy (non-hydrogen) atoms. The topological polar surface area (TPSA) is 63.1 Å². The number of amides is 1. The van der Waals surface area contributed by atoms with Crippen molar-refractivity contribution < 1.29 is 4.79 Å². The molecular weight excluding hydrogens is 362 g/mol. The molecule has 0 bridgehead atoms. The molecule has 0 aliphatic carbocycles. The smallest absolute Gasteiger partial charge is 0.251 e. The number of hydrogen-bond acceptors (Lipinski definition) is 4. The Kier molecular flexibility index (Phi) is 7.20. The number of carbonyl (C=O) groups excluding carboxylic acids is 1. The second-order valence-electron chi connectivity index (χ2n) is 8.23. The predicted molar refractivity (Wildman–Crippen MR) is 116 cm³/mol. The first-order chi connectivity index (χ1) is 13.9. The Morgan fingerprint density at radius 2 is 2.03 bits per heavy atom. The number of aromatic nitrogens is 3. The molecule has 0 saturated heterocycles. The third-order valence-electron chi connectivity index (χ3n) is 5.34. The fourth-order valence-electron chi connectivity index (χ4n) is 3.73. The molecule has 1 N–H and O–H groups in total. The average Bonchev–Trinajstić information content (AvgIpc) is 2.93. The maximum Gasteiger partial charge on any atom is 0.251 e. The molecule has 0 radical (unpaired) electrons. The molecule has 1 aliphatic rings. The van der Waals surface area contributed by atoms with Gasteiger partial charge in [-0.2, -0.15) is 0 Å². The SMILES string of the molecule is Cc1ccc(C(=O)NCCc2nnc3n2CCN(C/C=C/C(C)C)CC3)c(C)c1. The summed E-state index contributed by atoms with van der Waals surface area (Å²) < 4.78 is 2.23. The second-order valence-corrected chi connectivity index (χ2v) is 8.23. The first-order valence-corrected chi connectivity index (χ1v) is 10.6. The molecule has 0 saturated carbocycles. The molecule has 1 aromatic carbocycles. The Morgan fingerprint density at radius 3 is 2.79 bits per heavy atom. The molecule has 156 valence electrons. The van der Waals surface area contributed by atoms with Crippen LogP contribution in [0.1, 0.15) is 47.0 Å². The first kappa shape index (κ1) is 21.2. The van der Waals surface area contributed by atoms with E-state index in [1.165, 1.54) is 5.56 Å². The van der Waals surface area contributed by atoms with Crippen LogP contribution in [0.4, 0.5) is 0 Å². The van der Waals surface area contributed by atoms with Crippen LogP contribution in [0.5, 0.6) is 0 Å². The van der Waals surface area contributed by atoms with Gasteiger partial charge in [-0.15, -0.1) is 10.2 Å². The molecule has 1 aliphatic heterocycles. The summed E-state index contributed by atoms with van der Waals surface area (Å²) in [6.45, 7) is 12.9. The molecule has 6 nitrogen and oxygen atoms in total. The molecule has 1 amide bonds. The largest absolute Gasteiger partial charge is 0.352 e. The van der Waals surface area contributed by atoms with Crippen LogP contribution >= 0.6 is 0 Å². The van der Waals surface area contributed by atoms with Crippen LogP contribution in [0.3, 0.4) is 0 Å². The van der Waals surface area contributed by atoms with Crippen molar-refractivity contribution in [1.29, 1.82) is 0 Å². The van der Waals surface area contributed by atoms with Gasteiger partial charge in [-0.25, -0.2) is 0 Å². The number of fused-ring (bicyclic) bond motifs is 1. The summed E-state index contributed by atoms with van der Waals surface area (Å²) in [4.78, 5) is 14.9. The molecule has 0 atom stereocenters. The van der Waals surface area contributed by atoms with Crippen LogP contribution in [0.15, 0.2) is 30.4 Å². The molecule has 6 heteroatoms. The van der Waals surface area contributed by atoms with E-state index >= 15 is 0 Å². The zero-order chi connectivity index (χ0) is 20.8. The van der Waals surface area contributed by atoms with E-state index in [-0.39, 0.29) is 5.91 Å². The lowest BCUT2D eigenvalue weighted by Gasteiger charge is -2.17. The average molecular weight is 396 g/mol. The van der Waals surface area contributed by atoms with Gasteiger partial charge in [-0.1, -0.05) is 43.7 Å². The van der Waals surface area contributed by atoms with E-state index < -0.39 is 0 Å². The fourth-order valence-corrected chi connectivity index (χ4v) is 3.73. The molecule has 2 heterocycles. The standard InChI is InChI=1S/C23H33N5O/c1-17(2)6-5-12-27-13-10-22-26-25-21(28(22)15-14-27)9-11-24-23(29)20-8-7-18(3)16-19(20)4/h5-8,16-17H,9-15H2,1-4H3,(H,24,29)/b6-5+. The Morgan fingerprint density at radius 1 is 1.21 bits per heavy atom. The summed E-state index contributed by atoms with van der Waals surface area (Å²) in [6.07, 6.45) is 6.13. The van der Waals surface area contributed by atoms with Crippen molar-refractivity contribution in [3.63, 3.8) is 0 Å². The van der Waals surface area contributed by atoms with E-state index in [0.717, 1.165) is 55.4 Å². The highest BCUT2D eigenvalue weighted by molar-refractivity contribution is 5.95. The molecule has 1 aromatic heterocycles.